The average Bonchev–Trinajstić information content (AvgIpc) is 2.44. The van der Waals surface area contributed by atoms with Crippen LogP contribution in [0.5, 0.6) is 5.75 Å². The summed E-state index contributed by atoms with van der Waals surface area (Å²) in [5, 5.41) is 2.90. The first kappa shape index (κ1) is 14.6. The first-order valence-electron chi connectivity index (χ1n) is 6.27. The number of hydrogen-bond donors (Lipinski definition) is 1. The van der Waals surface area contributed by atoms with Gasteiger partial charge in [-0.1, -0.05) is 45.8 Å². The number of methoxy groups -OCH3 is 1. The third-order valence-electron chi connectivity index (χ3n) is 2.94. The Morgan fingerprint density at radius 3 is 2.75 bits per heavy atom. The van der Waals surface area contributed by atoms with Crippen molar-refractivity contribution in [3.8, 4) is 5.75 Å². The van der Waals surface area contributed by atoms with Crippen LogP contribution in [-0.2, 0) is 6.54 Å². The highest BCUT2D eigenvalue weighted by Crippen LogP contribution is 2.23. The third-order valence-corrected chi connectivity index (χ3v) is 3.44. The summed E-state index contributed by atoms with van der Waals surface area (Å²) in [6.45, 7) is 2.53. The smallest absolute Gasteiger partial charge is 0.255 e. The Morgan fingerprint density at radius 1 is 1.25 bits per heavy atom. The lowest BCUT2D eigenvalue weighted by Gasteiger charge is -2.10. The number of aryl methyl sites for hydroxylation is 1. The van der Waals surface area contributed by atoms with Crippen LogP contribution in [-0.4, -0.2) is 13.0 Å². The Kier molecular flexibility index (Phi) is 4.79. The van der Waals surface area contributed by atoms with E-state index >= 15 is 0 Å². The minimum atomic E-state index is -0.143. The maximum absolute atomic E-state index is 12.2. The number of halogens is 1. The molecule has 0 radical (unpaired) electrons. The predicted octanol–water partition coefficient (Wildman–Crippen LogP) is 3.70. The van der Waals surface area contributed by atoms with Crippen LogP contribution in [0.25, 0.3) is 0 Å². The van der Waals surface area contributed by atoms with Gasteiger partial charge in [0.05, 0.1) is 12.7 Å². The Bertz CT molecular complexity index is 626. The van der Waals surface area contributed by atoms with E-state index in [-0.39, 0.29) is 5.91 Å². The second-order valence-electron chi connectivity index (χ2n) is 4.52. The molecule has 0 aliphatic heterocycles. The van der Waals surface area contributed by atoms with Crippen molar-refractivity contribution in [3.63, 3.8) is 0 Å². The lowest BCUT2D eigenvalue weighted by molar-refractivity contribution is 0.0948. The van der Waals surface area contributed by atoms with Crippen molar-refractivity contribution < 1.29 is 9.53 Å². The fourth-order valence-electron chi connectivity index (χ4n) is 1.95. The summed E-state index contributed by atoms with van der Waals surface area (Å²) in [5.74, 6) is 0.414. The summed E-state index contributed by atoms with van der Waals surface area (Å²) >= 11 is 3.36. The van der Waals surface area contributed by atoms with Crippen LogP contribution in [0.3, 0.4) is 0 Å². The van der Waals surface area contributed by atoms with Crippen LogP contribution >= 0.6 is 15.9 Å². The molecular formula is C16H16BrNO2. The van der Waals surface area contributed by atoms with Gasteiger partial charge in [-0.2, -0.15) is 0 Å². The van der Waals surface area contributed by atoms with Gasteiger partial charge in [-0.15, -0.1) is 0 Å². The van der Waals surface area contributed by atoms with Crippen molar-refractivity contribution in [2.75, 3.05) is 7.11 Å². The minimum absolute atomic E-state index is 0.143. The van der Waals surface area contributed by atoms with Crippen molar-refractivity contribution in [2.45, 2.75) is 13.5 Å². The van der Waals surface area contributed by atoms with E-state index in [1.54, 1.807) is 19.2 Å². The first-order valence-corrected chi connectivity index (χ1v) is 7.06. The number of ether oxygens (including phenoxy) is 1. The van der Waals surface area contributed by atoms with Crippen LogP contribution in [0.1, 0.15) is 21.5 Å². The number of carbonyl (C=O) groups is 1. The Labute approximate surface area is 127 Å². The lowest BCUT2D eigenvalue weighted by atomic mass is 10.1. The van der Waals surface area contributed by atoms with Gasteiger partial charge < -0.3 is 10.1 Å². The van der Waals surface area contributed by atoms with Gasteiger partial charge in [0.25, 0.3) is 5.91 Å². The largest absolute Gasteiger partial charge is 0.496 e. The van der Waals surface area contributed by atoms with E-state index in [0.29, 0.717) is 17.9 Å². The number of rotatable bonds is 4. The van der Waals surface area contributed by atoms with Crippen LogP contribution in [0.4, 0.5) is 0 Å². The molecule has 0 aromatic heterocycles. The molecule has 20 heavy (non-hydrogen) atoms. The second kappa shape index (κ2) is 6.57. The van der Waals surface area contributed by atoms with Crippen LogP contribution < -0.4 is 10.1 Å². The van der Waals surface area contributed by atoms with Gasteiger partial charge in [0.15, 0.2) is 0 Å². The van der Waals surface area contributed by atoms with Gasteiger partial charge in [0.1, 0.15) is 5.75 Å². The van der Waals surface area contributed by atoms with E-state index in [1.165, 1.54) is 5.56 Å². The van der Waals surface area contributed by atoms with Gasteiger partial charge >= 0.3 is 0 Å². The standard InChI is InChI=1S/C16H16BrNO2/c1-11-4-3-5-12(8-11)10-18-16(19)14-7-6-13(17)9-15(14)20-2/h3-9H,10H2,1-2H3,(H,18,19). The molecule has 0 spiro atoms. The molecule has 0 atom stereocenters. The SMILES string of the molecule is COc1cc(Br)ccc1C(=O)NCc1cccc(C)c1. The second-order valence-corrected chi connectivity index (χ2v) is 5.43. The van der Waals surface area contributed by atoms with Gasteiger partial charge in [-0.3, -0.25) is 4.79 Å². The van der Waals surface area contributed by atoms with Gasteiger partial charge in [-0.25, -0.2) is 0 Å². The summed E-state index contributed by atoms with van der Waals surface area (Å²) in [6, 6.07) is 13.4. The Hall–Kier alpha value is -1.81. The fraction of sp³-hybridized carbons (Fsp3) is 0.188. The molecule has 1 N–H and O–H groups in total. The third kappa shape index (κ3) is 3.61. The number of amides is 1. The zero-order valence-electron chi connectivity index (χ0n) is 11.4. The number of nitrogens with one attached hydrogen (secondary N) is 1. The first-order chi connectivity index (χ1) is 9.60. The minimum Gasteiger partial charge on any atom is -0.496 e. The van der Waals surface area contributed by atoms with E-state index in [9.17, 15) is 4.79 Å². The average molecular weight is 334 g/mol. The molecule has 0 unspecified atom stereocenters. The van der Waals surface area contributed by atoms with E-state index < -0.39 is 0 Å². The maximum Gasteiger partial charge on any atom is 0.255 e. The molecule has 0 aliphatic carbocycles. The molecule has 0 bridgehead atoms. The van der Waals surface area contributed by atoms with Gasteiger partial charge in [0, 0.05) is 11.0 Å². The molecule has 0 aliphatic rings. The molecule has 1 amide bonds. The van der Waals surface area contributed by atoms with E-state index in [4.69, 9.17) is 4.74 Å². The quantitative estimate of drug-likeness (QED) is 0.926. The highest BCUT2D eigenvalue weighted by atomic mass is 79.9. The monoisotopic (exact) mass is 333 g/mol. The normalized spacial score (nSPS) is 10.2. The van der Waals surface area contributed by atoms with Crippen molar-refractivity contribution in [3.05, 3.63) is 63.6 Å². The molecule has 2 rings (SSSR count). The molecule has 3 nitrogen and oxygen atoms in total. The van der Waals surface area contributed by atoms with Gasteiger partial charge in [0.2, 0.25) is 0 Å². The van der Waals surface area contributed by atoms with Crippen LogP contribution in [0, 0.1) is 6.92 Å². The molecule has 2 aromatic rings. The number of benzene rings is 2. The topological polar surface area (TPSA) is 38.3 Å². The Morgan fingerprint density at radius 2 is 2.05 bits per heavy atom. The molecule has 0 saturated carbocycles. The molecule has 0 fully saturated rings. The van der Waals surface area contributed by atoms with Crippen LogP contribution in [0.2, 0.25) is 0 Å². The Balaban J connectivity index is 2.09. The lowest BCUT2D eigenvalue weighted by Crippen LogP contribution is -2.23. The fourth-order valence-corrected chi connectivity index (χ4v) is 2.29. The zero-order chi connectivity index (χ0) is 14.5. The van der Waals surface area contributed by atoms with Gasteiger partial charge in [-0.05, 0) is 30.7 Å². The predicted molar refractivity (Wildman–Crippen MR) is 83.0 cm³/mol. The zero-order valence-corrected chi connectivity index (χ0v) is 13.0. The van der Waals surface area contributed by atoms with Crippen molar-refractivity contribution in [2.24, 2.45) is 0 Å². The number of carbonyl (C=O) groups excluding carboxylic acids is 1. The van der Waals surface area contributed by atoms with E-state index in [2.05, 4.69) is 27.3 Å². The van der Waals surface area contributed by atoms with E-state index in [1.807, 2.05) is 31.2 Å². The van der Waals surface area contributed by atoms with E-state index in [0.717, 1.165) is 10.0 Å². The summed E-state index contributed by atoms with van der Waals surface area (Å²) in [6.07, 6.45) is 0. The summed E-state index contributed by atoms with van der Waals surface area (Å²) < 4.78 is 6.11. The summed E-state index contributed by atoms with van der Waals surface area (Å²) in [7, 11) is 1.55. The summed E-state index contributed by atoms with van der Waals surface area (Å²) in [5.41, 5.74) is 2.79. The van der Waals surface area contributed by atoms with Crippen molar-refractivity contribution in [1.82, 2.24) is 5.32 Å². The molecule has 2 aromatic carbocycles. The maximum atomic E-state index is 12.2. The number of hydrogen-bond acceptors (Lipinski definition) is 2. The highest BCUT2D eigenvalue weighted by molar-refractivity contribution is 9.10. The molecule has 4 heteroatoms. The molecule has 104 valence electrons. The van der Waals surface area contributed by atoms with Crippen LogP contribution in [0.15, 0.2) is 46.9 Å². The van der Waals surface area contributed by atoms with Crippen molar-refractivity contribution in [1.29, 1.82) is 0 Å². The summed E-state index contributed by atoms with van der Waals surface area (Å²) in [4.78, 5) is 12.2. The molecule has 0 saturated heterocycles. The highest BCUT2D eigenvalue weighted by Gasteiger charge is 2.12. The van der Waals surface area contributed by atoms with Crippen molar-refractivity contribution >= 4 is 21.8 Å². The molecule has 0 heterocycles. The molecular weight excluding hydrogens is 318 g/mol.